The van der Waals surface area contributed by atoms with Gasteiger partial charge in [0, 0.05) is 5.69 Å². The third-order valence-corrected chi connectivity index (χ3v) is 2.03. The van der Waals surface area contributed by atoms with Crippen LogP contribution in [0.1, 0.15) is 0 Å². The molecule has 5 heteroatoms. The second kappa shape index (κ2) is 4.32. The Morgan fingerprint density at radius 1 is 1.36 bits per heavy atom. The molecule has 0 heterocycles. The molecular weight excluding hydrogens is 202 g/mol. The number of hydrogen-bond acceptors (Lipinski definition) is 3. The highest BCUT2D eigenvalue weighted by molar-refractivity contribution is 7.92. The van der Waals surface area contributed by atoms with Crippen molar-refractivity contribution >= 4 is 15.7 Å². The molecule has 1 rings (SSSR count). The van der Waals surface area contributed by atoms with Crippen molar-refractivity contribution in [2.75, 3.05) is 17.6 Å². The zero-order valence-corrected chi connectivity index (χ0v) is 8.67. The fourth-order valence-corrected chi connectivity index (χ4v) is 1.52. The van der Waals surface area contributed by atoms with Crippen molar-refractivity contribution in [3.63, 3.8) is 0 Å². The zero-order chi connectivity index (χ0) is 10.6. The van der Waals surface area contributed by atoms with Gasteiger partial charge in [0.25, 0.3) is 0 Å². The van der Waals surface area contributed by atoms with Gasteiger partial charge in [0.05, 0.1) is 12.9 Å². The van der Waals surface area contributed by atoms with E-state index in [1.807, 2.05) is 0 Å². The summed E-state index contributed by atoms with van der Waals surface area (Å²) in [6.45, 7) is 3.88. The first-order chi connectivity index (χ1) is 6.51. The molecule has 4 nitrogen and oxygen atoms in total. The molecule has 0 aliphatic heterocycles. The lowest BCUT2D eigenvalue weighted by Gasteiger charge is -2.05. The van der Waals surface area contributed by atoms with E-state index in [0.29, 0.717) is 18.0 Å². The van der Waals surface area contributed by atoms with Crippen molar-refractivity contribution in [3.05, 3.63) is 31.2 Å². The smallest absolute Gasteiger partial charge is 0.229 e. The molecule has 1 aromatic rings. The Kier molecular flexibility index (Phi) is 3.35. The van der Waals surface area contributed by atoms with Gasteiger partial charge in [-0.25, -0.2) is 8.42 Å². The number of hydrogen-bond donors (Lipinski definition) is 1. The minimum absolute atomic E-state index is 0.346. The normalized spacial score (nSPS) is 11.0. The van der Waals surface area contributed by atoms with Gasteiger partial charge in [-0.2, -0.15) is 0 Å². The van der Waals surface area contributed by atoms with Crippen molar-refractivity contribution in [2.24, 2.45) is 0 Å². The number of nitrogens with one attached hydrogen (secondary N) is 1. The zero-order valence-electron chi connectivity index (χ0n) is 7.86. The van der Waals surface area contributed by atoms with E-state index in [2.05, 4.69) is 11.6 Å². The molecule has 0 aliphatic carbocycles. The van der Waals surface area contributed by atoms with Gasteiger partial charge < -0.3 is 4.74 Å². The lowest BCUT2D eigenvalue weighted by atomic mass is 10.3. The minimum atomic E-state index is -3.21. The van der Waals surface area contributed by atoms with Crippen LogP contribution in [0, 0.1) is 6.92 Å². The van der Waals surface area contributed by atoms with Crippen molar-refractivity contribution in [1.82, 2.24) is 0 Å². The van der Waals surface area contributed by atoms with Crippen LogP contribution in [-0.2, 0) is 10.0 Å². The summed E-state index contributed by atoms with van der Waals surface area (Å²) in [5.74, 6) is 0.666. The van der Waals surface area contributed by atoms with E-state index in [1.165, 1.54) is 0 Å². The third-order valence-electron chi connectivity index (χ3n) is 1.43. The standard InChI is InChI=1S/C9H12NO3S/c1-3-13-9-6-4-8(5-7-9)10-14(2,11)12/h4-7,10H,1,3H2,2H3. The van der Waals surface area contributed by atoms with Crippen LogP contribution in [0.25, 0.3) is 0 Å². The number of anilines is 1. The average molecular weight is 214 g/mol. The molecule has 0 bridgehead atoms. The Morgan fingerprint density at radius 3 is 2.36 bits per heavy atom. The lowest BCUT2D eigenvalue weighted by molar-refractivity contribution is 0.361. The summed E-state index contributed by atoms with van der Waals surface area (Å²) >= 11 is 0. The number of sulfonamides is 1. The lowest BCUT2D eigenvalue weighted by Crippen LogP contribution is -2.09. The molecule has 0 spiro atoms. The molecule has 0 saturated heterocycles. The molecule has 0 aliphatic rings. The van der Waals surface area contributed by atoms with Gasteiger partial charge in [0.2, 0.25) is 10.0 Å². The highest BCUT2D eigenvalue weighted by atomic mass is 32.2. The molecule has 0 fully saturated rings. The van der Waals surface area contributed by atoms with Crippen molar-refractivity contribution in [2.45, 2.75) is 0 Å². The largest absolute Gasteiger partial charge is 0.494 e. The van der Waals surface area contributed by atoms with Gasteiger partial charge in [-0.15, -0.1) is 0 Å². The van der Waals surface area contributed by atoms with Gasteiger partial charge in [-0.3, -0.25) is 4.72 Å². The Hall–Kier alpha value is -1.23. The summed E-state index contributed by atoms with van der Waals surface area (Å²) < 4.78 is 29.2. The molecule has 0 aromatic heterocycles. The van der Waals surface area contributed by atoms with Crippen molar-refractivity contribution < 1.29 is 13.2 Å². The van der Waals surface area contributed by atoms with Crippen molar-refractivity contribution in [3.8, 4) is 5.75 Å². The summed E-state index contributed by atoms with van der Waals surface area (Å²) in [5.41, 5.74) is 0.518. The maximum atomic E-state index is 10.9. The summed E-state index contributed by atoms with van der Waals surface area (Å²) in [7, 11) is -3.21. The Labute approximate surface area is 84.0 Å². The second-order valence-electron chi connectivity index (χ2n) is 2.75. The van der Waals surface area contributed by atoms with Crippen LogP contribution in [-0.4, -0.2) is 21.3 Å². The Balaban J connectivity index is 2.74. The summed E-state index contributed by atoms with van der Waals surface area (Å²) in [5, 5.41) is 0. The molecule has 1 radical (unpaired) electrons. The minimum Gasteiger partial charge on any atom is -0.494 e. The summed E-state index contributed by atoms with van der Waals surface area (Å²) in [6.07, 6.45) is 1.10. The molecule has 0 atom stereocenters. The summed E-state index contributed by atoms with van der Waals surface area (Å²) in [4.78, 5) is 0. The van der Waals surface area contributed by atoms with Crippen molar-refractivity contribution in [1.29, 1.82) is 0 Å². The number of rotatable bonds is 4. The quantitative estimate of drug-likeness (QED) is 0.821. The molecule has 14 heavy (non-hydrogen) atoms. The first kappa shape index (κ1) is 10.8. The number of benzene rings is 1. The first-order valence-electron chi connectivity index (χ1n) is 4.01. The van der Waals surface area contributed by atoms with Crippen LogP contribution in [0.15, 0.2) is 24.3 Å². The second-order valence-corrected chi connectivity index (χ2v) is 4.50. The Bertz CT molecular complexity index is 383. The van der Waals surface area contributed by atoms with Crippen LogP contribution in [0.2, 0.25) is 0 Å². The third kappa shape index (κ3) is 3.66. The molecule has 77 valence electrons. The van der Waals surface area contributed by atoms with E-state index in [-0.39, 0.29) is 0 Å². The molecule has 1 aromatic carbocycles. The van der Waals surface area contributed by atoms with Crippen LogP contribution in [0.5, 0.6) is 5.75 Å². The highest BCUT2D eigenvalue weighted by Gasteiger charge is 2.00. The van der Waals surface area contributed by atoms with E-state index < -0.39 is 10.0 Å². The van der Waals surface area contributed by atoms with Crippen LogP contribution in [0.4, 0.5) is 5.69 Å². The van der Waals surface area contributed by atoms with Crippen LogP contribution < -0.4 is 9.46 Å². The molecule has 1 N–H and O–H groups in total. The molecule has 0 unspecified atom stereocenters. The molecule has 0 saturated carbocycles. The van der Waals surface area contributed by atoms with E-state index in [0.717, 1.165) is 6.26 Å². The molecule has 0 amide bonds. The fourth-order valence-electron chi connectivity index (χ4n) is 0.951. The predicted octanol–water partition coefficient (Wildman–Crippen LogP) is 1.27. The van der Waals surface area contributed by atoms with Crippen LogP contribution >= 0.6 is 0 Å². The number of ether oxygens (including phenoxy) is 1. The topological polar surface area (TPSA) is 55.4 Å². The monoisotopic (exact) mass is 214 g/mol. The average Bonchev–Trinajstić information content (AvgIpc) is 2.06. The first-order valence-corrected chi connectivity index (χ1v) is 5.90. The van der Waals surface area contributed by atoms with Gasteiger partial charge in [-0.1, -0.05) is 0 Å². The van der Waals surface area contributed by atoms with E-state index in [1.54, 1.807) is 24.3 Å². The van der Waals surface area contributed by atoms with Gasteiger partial charge in [0.1, 0.15) is 5.75 Å². The maximum Gasteiger partial charge on any atom is 0.229 e. The van der Waals surface area contributed by atoms with Gasteiger partial charge in [-0.05, 0) is 31.2 Å². The summed E-state index contributed by atoms with van der Waals surface area (Å²) in [6, 6.07) is 6.62. The SMILES string of the molecule is [CH2]COc1ccc(NS(C)(=O)=O)cc1. The van der Waals surface area contributed by atoms with E-state index in [4.69, 9.17) is 4.74 Å². The highest BCUT2D eigenvalue weighted by Crippen LogP contribution is 2.15. The van der Waals surface area contributed by atoms with E-state index in [9.17, 15) is 8.42 Å². The fraction of sp³-hybridized carbons (Fsp3) is 0.222. The Morgan fingerprint density at radius 2 is 1.93 bits per heavy atom. The predicted molar refractivity (Wildman–Crippen MR) is 55.8 cm³/mol. The van der Waals surface area contributed by atoms with Gasteiger partial charge >= 0.3 is 0 Å². The van der Waals surface area contributed by atoms with E-state index >= 15 is 0 Å². The van der Waals surface area contributed by atoms with Crippen LogP contribution in [0.3, 0.4) is 0 Å². The van der Waals surface area contributed by atoms with Gasteiger partial charge in [0.15, 0.2) is 0 Å². The maximum absolute atomic E-state index is 10.9. The molecular formula is C9H12NO3S.